The van der Waals surface area contributed by atoms with Crippen LogP contribution >= 0.6 is 0 Å². The van der Waals surface area contributed by atoms with Crippen molar-refractivity contribution >= 4 is 0 Å². The Hall–Kier alpha value is -1.61. The lowest BCUT2D eigenvalue weighted by atomic mass is 10.1. The van der Waals surface area contributed by atoms with E-state index in [0.717, 1.165) is 26.1 Å². The first-order chi connectivity index (χ1) is 8.79. The predicted octanol–water partition coefficient (Wildman–Crippen LogP) is 2.89. The minimum Gasteiger partial charge on any atom is -0.307 e. The number of aromatic nitrogens is 2. The third kappa shape index (κ3) is 3.44. The largest absolute Gasteiger partial charge is 0.307 e. The first kappa shape index (κ1) is 12.8. The lowest BCUT2D eigenvalue weighted by Gasteiger charge is -2.08. The molecule has 18 heavy (non-hydrogen) atoms. The van der Waals surface area contributed by atoms with Gasteiger partial charge in [0.15, 0.2) is 0 Å². The number of nitrogens with one attached hydrogen (secondary N) is 1. The van der Waals surface area contributed by atoms with E-state index in [0.29, 0.717) is 0 Å². The van der Waals surface area contributed by atoms with E-state index in [9.17, 15) is 0 Å². The van der Waals surface area contributed by atoms with Crippen LogP contribution in [0.4, 0.5) is 0 Å². The van der Waals surface area contributed by atoms with Crippen LogP contribution in [0.15, 0.2) is 36.5 Å². The molecule has 0 saturated heterocycles. The molecular formula is C15H21N3. The summed E-state index contributed by atoms with van der Waals surface area (Å²) in [7, 11) is 0. The van der Waals surface area contributed by atoms with Crippen molar-refractivity contribution in [2.75, 3.05) is 0 Å². The van der Waals surface area contributed by atoms with Crippen LogP contribution in [0.1, 0.15) is 30.2 Å². The molecule has 1 aromatic carbocycles. The van der Waals surface area contributed by atoms with Crippen LogP contribution in [-0.2, 0) is 19.6 Å². The summed E-state index contributed by atoms with van der Waals surface area (Å²) >= 11 is 0. The van der Waals surface area contributed by atoms with E-state index in [1.807, 2.05) is 6.20 Å². The molecule has 1 aromatic heterocycles. The Balaban J connectivity index is 1.84. The molecule has 0 radical (unpaired) electrons. The molecule has 0 spiro atoms. The number of rotatable bonds is 6. The summed E-state index contributed by atoms with van der Waals surface area (Å²) in [5.41, 5.74) is 3.88. The van der Waals surface area contributed by atoms with Crippen LogP contribution in [0.3, 0.4) is 0 Å². The van der Waals surface area contributed by atoms with Crippen LogP contribution < -0.4 is 5.32 Å². The normalized spacial score (nSPS) is 10.8. The fourth-order valence-electron chi connectivity index (χ4n) is 1.96. The molecule has 3 heteroatoms. The second kappa shape index (κ2) is 6.36. The molecule has 2 rings (SSSR count). The highest BCUT2D eigenvalue weighted by molar-refractivity contribution is 5.21. The second-order valence-electron chi connectivity index (χ2n) is 4.63. The summed E-state index contributed by atoms with van der Waals surface area (Å²) in [4.78, 5) is 0. The topological polar surface area (TPSA) is 29.9 Å². The van der Waals surface area contributed by atoms with Crippen LogP contribution in [0.2, 0.25) is 0 Å². The second-order valence-corrected chi connectivity index (χ2v) is 4.63. The smallest absolute Gasteiger partial charge is 0.0522 e. The SMILES string of the molecule is CCCn1nccc1CNCc1ccc(C)cc1. The van der Waals surface area contributed by atoms with Gasteiger partial charge in [-0.15, -0.1) is 0 Å². The Morgan fingerprint density at radius 3 is 2.61 bits per heavy atom. The van der Waals surface area contributed by atoms with E-state index >= 15 is 0 Å². The number of hydrogen-bond donors (Lipinski definition) is 1. The molecule has 0 atom stereocenters. The van der Waals surface area contributed by atoms with Crippen molar-refractivity contribution in [3.8, 4) is 0 Å². The molecule has 0 aliphatic heterocycles. The molecule has 1 N–H and O–H groups in total. The van der Waals surface area contributed by atoms with Gasteiger partial charge in [0.05, 0.1) is 5.69 Å². The van der Waals surface area contributed by atoms with Gasteiger partial charge >= 0.3 is 0 Å². The fourth-order valence-corrected chi connectivity index (χ4v) is 1.96. The Morgan fingerprint density at radius 1 is 1.11 bits per heavy atom. The molecular weight excluding hydrogens is 222 g/mol. The van der Waals surface area contributed by atoms with Gasteiger partial charge in [-0.05, 0) is 25.0 Å². The van der Waals surface area contributed by atoms with Crippen molar-refractivity contribution in [2.45, 2.75) is 39.9 Å². The quantitative estimate of drug-likeness (QED) is 0.845. The van der Waals surface area contributed by atoms with Crippen molar-refractivity contribution in [1.29, 1.82) is 0 Å². The third-order valence-electron chi connectivity index (χ3n) is 3.00. The van der Waals surface area contributed by atoms with E-state index in [2.05, 4.69) is 59.3 Å². The van der Waals surface area contributed by atoms with E-state index < -0.39 is 0 Å². The van der Waals surface area contributed by atoms with Gasteiger partial charge < -0.3 is 5.32 Å². The predicted molar refractivity (Wildman–Crippen MR) is 74.2 cm³/mol. The van der Waals surface area contributed by atoms with Crippen molar-refractivity contribution in [3.63, 3.8) is 0 Å². The average molecular weight is 243 g/mol. The summed E-state index contributed by atoms with van der Waals surface area (Å²) < 4.78 is 2.07. The summed E-state index contributed by atoms with van der Waals surface area (Å²) in [5.74, 6) is 0. The van der Waals surface area contributed by atoms with Crippen molar-refractivity contribution in [1.82, 2.24) is 15.1 Å². The number of hydrogen-bond acceptors (Lipinski definition) is 2. The van der Waals surface area contributed by atoms with E-state index in [1.165, 1.54) is 16.8 Å². The lowest BCUT2D eigenvalue weighted by molar-refractivity contribution is 0.549. The highest BCUT2D eigenvalue weighted by Gasteiger charge is 2.00. The van der Waals surface area contributed by atoms with E-state index in [4.69, 9.17) is 0 Å². The molecule has 0 bridgehead atoms. The summed E-state index contributed by atoms with van der Waals surface area (Å²) in [6, 6.07) is 10.7. The molecule has 0 aliphatic rings. The Kier molecular flexibility index (Phi) is 4.53. The highest BCUT2D eigenvalue weighted by atomic mass is 15.3. The number of aryl methyl sites for hydroxylation is 2. The lowest BCUT2D eigenvalue weighted by Crippen LogP contribution is -2.16. The van der Waals surface area contributed by atoms with Crippen LogP contribution in [-0.4, -0.2) is 9.78 Å². The minimum absolute atomic E-state index is 0.869. The Morgan fingerprint density at radius 2 is 1.89 bits per heavy atom. The van der Waals surface area contributed by atoms with Gasteiger partial charge in [-0.25, -0.2) is 0 Å². The van der Waals surface area contributed by atoms with Gasteiger partial charge in [-0.1, -0.05) is 36.8 Å². The molecule has 2 aromatic rings. The minimum atomic E-state index is 0.869. The maximum absolute atomic E-state index is 4.32. The molecule has 0 aliphatic carbocycles. The number of nitrogens with zero attached hydrogens (tertiary/aromatic N) is 2. The van der Waals surface area contributed by atoms with Crippen molar-refractivity contribution in [2.24, 2.45) is 0 Å². The Labute approximate surface area is 109 Å². The van der Waals surface area contributed by atoms with E-state index in [1.54, 1.807) is 0 Å². The van der Waals surface area contributed by atoms with Crippen molar-refractivity contribution < 1.29 is 0 Å². The van der Waals surface area contributed by atoms with Gasteiger partial charge in [-0.2, -0.15) is 5.10 Å². The summed E-state index contributed by atoms with van der Waals surface area (Å²) in [6.45, 7) is 7.05. The number of benzene rings is 1. The molecule has 0 fully saturated rings. The standard InChI is InChI=1S/C15H21N3/c1-3-10-18-15(8-9-17-18)12-16-11-14-6-4-13(2)5-7-14/h4-9,16H,3,10-12H2,1-2H3. The molecule has 0 amide bonds. The van der Waals surface area contributed by atoms with Gasteiger partial charge in [0.25, 0.3) is 0 Å². The van der Waals surface area contributed by atoms with Crippen LogP contribution in [0.5, 0.6) is 0 Å². The first-order valence-corrected chi connectivity index (χ1v) is 6.56. The third-order valence-corrected chi connectivity index (χ3v) is 3.00. The molecule has 96 valence electrons. The van der Waals surface area contributed by atoms with Gasteiger partial charge in [0.2, 0.25) is 0 Å². The van der Waals surface area contributed by atoms with E-state index in [-0.39, 0.29) is 0 Å². The maximum atomic E-state index is 4.32. The van der Waals surface area contributed by atoms with Gasteiger partial charge in [0.1, 0.15) is 0 Å². The maximum Gasteiger partial charge on any atom is 0.0522 e. The van der Waals surface area contributed by atoms with Crippen molar-refractivity contribution in [3.05, 3.63) is 53.3 Å². The molecule has 3 nitrogen and oxygen atoms in total. The van der Waals surface area contributed by atoms with Gasteiger partial charge in [-0.3, -0.25) is 4.68 Å². The van der Waals surface area contributed by atoms with Gasteiger partial charge in [0, 0.05) is 25.8 Å². The summed E-state index contributed by atoms with van der Waals surface area (Å²) in [6.07, 6.45) is 2.99. The zero-order valence-corrected chi connectivity index (χ0v) is 11.2. The average Bonchev–Trinajstić information content (AvgIpc) is 2.80. The zero-order chi connectivity index (χ0) is 12.8. The Bertz CT molecular complexity index is 471. The van der Waals surface area contributed by atoms with Crippen LogP contribution in [0.25, 0.3) is 0 Å². The molecule has 0 unspecified atom stereocenters. The summed E-state index contributed by atoms with van der Waals surface area (Å²) in [5, 5.41) is 7.78. The van der Waals surface area contributed by atoms with Crippen LogP contribution in [0, 0.1) is 6.92 Å². The highest BCUT2D eigenvalue weighted by Crippen LogP contribution is 2.04. The molecule has 1 heterocycles. The zero-order valence-electron chi connectivity index (χ0n) is 11.2. The molecule has 0 saturated carbocycles. The first-order valence-electron chi connectivity index (χ1n) is 6.56. The monoisotopic (exact) mass is 243 g/mol. The fraction of sp³-hybridized carbons (Fsp3) is 0.400.